The van der Waals surface area contributed by atoms with Crippen molar-refractivity contribution in [3.63, 3.8) is 0 Å². The van der Waals surface area contributed by atoms with Crippen molar-refractivity contribution < 1.29 is 0 Å². The fourth-order valence-corrected chi connectivity index (χ4v) is 2.63. The Morgan fingerprint density at radius 3 is 2.12 bits per heavy atom. The number of rotatable bonds is 4. The minimum atomic E-state index is -0.415. The van der Waals surface area contributed by atoms with Crippen LogP contribution in [0.5, 0.6) is 0 Å². The van der Waals surface area contributed by atoms with E-state index in [-0.39, 0.29) is 18.7 Å². The summed E-state index contributed by atoms with van der Waals surface area (Å²) in [7, 11) is 0. The Balaban J connectivity index is 2.39. The molecule has 0 saturated carbocycles. The largest absolute Gasteiger partial charge is 0.329 e. The minimum Gasteiger partial charge on any atom is -0.329 e. The van der Waals surface area contributed by atoms with Crippen molar-refractivity contribution in [1.29, 1.82) is 5.26 Å². The number of nitriles is 1. The molecular weight excluding hydrogens is 300 g/mol. The van der Waals surface area contributed by atoms with Crippen LogP contribution in [0.25, 0.3) is 22.4 Å². The maximum atomic E-state index is 12.6. The van der Waals surface area contributed by atoms with Crippen LogP contribution < -0.4 is 11.3 Å². The second kappa shape index (κ2) is 6.90. The van der Waals surface area contributed by atoms with E-state index in [9.17, 15) is 10.1 Å². The van der Waals surface area contributed by atoms with Gasteiger partial charge in [-0.25, -0.2) is 4.68 Å². The topological polar surface area (TPSA) is 84.7 Å². The normalized spacial score (nSPS) is 10.3. The Morgan fingerprint density at radius 1 is 1.00 bits per heavy atom. The van der Waals surface area contributed by atoms with Crippen molar-refractivity contribution in [2.45, 2.75) is 6.54 Å². The Kier molecular flexibility index (Phi) is 4.50. The highest BCUT2D eigenvalue weighted by atomic mass is 16.1. The molecule has 3 aromatic rings. The molecule has 3 rings (SSSR count). The van der Waals surface area contributed by atoms with E-state index in [1.165, 1.54) is 4.68 Å². The van der Waals surface area contributed by atoms with Crippen LogP contribution in [0, 0.1) is 11.3 Å². The van der Waals surface area contributed by atoms with Crippen LogP contribution in [0.4, 0.5) is 0 Å². The quantitative estimate of drug-likeness (QED) is 0.801. The molecule has 0 bridgehead atoms. The van der Waals surface area contributed by atoms with E-state index < -0.39 is 5.56 Å². The first kappa shape index (κ1) is 15.7. The Bertz CT molecular complexity index is 941. The van der Waals surface area contributed by atoms with Gasteiger partial charge in [-0.2, -0.15) is 10.4 Å². The van der Waals surface area contributed by atoms with Gasteiger partial charge in [0.15, 0.2) is 0 Å². The lowest BCUT2D eigenvalue weighted by atomic mass is 9.96. The summed E-state index contributed by atoms with van der Waals surface area (Å²) in [5.74, 6) is 0. The number of nitrogens with zero attached hydrogens (tertiary/aromatic N) is 3. The van der Waals surface area contributed by atoms with Gasteiger partial charge in [0.25, 0.3) is 5.56 Å². The maximum Gasteiger partial charge on any atom is 0.285 e. The van der Waals surface area contributed by atoms with Gasteiger partial charge >= 0.3 is 0 Å². The van der Waals surface area contributed by atoms with Gasteiger partial charge in [0.1, 0.15) is 17.3 Å². The molecule has 0 aliphatic heterocycles. The van der Waals surface area contributed by atoms with E-state index in [2.05, 4.69) is 11.2 Å². The highest BCUT2D eigenvalue weighted by Crippen LogP contribution is 2.31. The first-order chi connectivity index (χ1) is 11.8. The van der Waals surface area contributed by atoms with Crippen molar-refractivity contribution >= 4 is 0 Å². The van der Waals surface area contributed by atoms with E-state index >= 15 is 0 Å². The summed E-state index contributed by atoms with van der Waals surface area (Å²) in [5, 5.41) is 14.1. The number of nitrogens with two attached hydrogens (primary N) is 1. The Hall–Kier alpha value is -3.23. The molecule has 0 atom stereocenters. The van der Waals surface area contributed by atoms with Crippen molar-refractivity contribution in [1.82, 2.24) is 9.78 Å². The molecule has 24 heavy (non-hydrogen) atoms. The molecule has 0 aliphatic carbocycles. The van der Waals surface area contributed by atoms with E-state index in [0.717, 1.165) is 11.1 Å². The number of aromatic nitrogens is 2. The minimum absolute atomic E-state index is 0.0866. The van der Waals surface area contributed by atoms with Crippen LogP contribution in [0.15, 0.2) is 65.5 Å². The molecule has 0 aliphatic rings. The molecule has 0 spiro atoms. The SMILES string of the molecule is N#Cc1c(-c2ccccc2)c(-c2ccccc2)nn(CCN)c1=O. The van der Waals surface area contributed by atoms with Crippen molar-refractivity contribution in [3.8, 4) is 28.5 Å². The first-order valence-corrected chi connectivity index (χ1v) is 7.62. The lowest BCUT2D eigenvalue weighted by Gasteiger charge is -2.14. The van der Waals surface area contributed by atoms with Gasteiger partial charge in [0.2, 0.25) is 0 Å². The second-order valence-corrected chi connectivity index (χ2v) is 5.26. The van der Waals surface area contributed by atoms with E-state index in [0.29, 0.717) is 11.3 Å². The molecule has 118 valence electrons. The fourth-order valence-electron chi connectivity index (χ4n) is 2.63. The molecule has 1 aromatic heterocycles. The summed E-state index contributed by atoms with van der Waals surface area (Å²) in [6.07, 6.45) is 0. The van der Waals surface area contributed by atoms with Gasteiger partial charge < -0.3 is 5.73 Å². The summed E-state index contributed by atoms with van der Waals surface area (Å²) in [6, 6.07) is 21.0. The highest BCUT2D eigenvalue weighted by Gasteiger charge is 2.19. The van der Waals surface area contributed by atoms with Crippen LogP contribution in [0.1, 0.15) is 5.56 Å². The van der Waals surface area contributed by atoms with Crippen LogP contribution in [0.3, 0.4) is 0 Å². The molecule has 1 heterocycles. The summed E-state index contributed by atoms with van der Waals surface area (Å²) < 4.78 is 1.27. The van der Waals surface area contributed by atoms with Gasteiger partial charge in [-0.1, -0.05) is 60.7 Å². The molecule has 0 radical (unpaired) electrons. The third kappa shape index (κ3) is 2.83. The molecule has 5 nitrogen and oxygen atoms in total. The van der Waals surface area contributed by atoms with Gasteiger partial charge in [-0.05, 0) is 5.56 Å². The summed E-state index contributed by atoms with van der Waals surface area (Å²) in [4.78, 5) is 12.6. The van der Waals surface area contributed by atoms with Gasteiger partial charge in [0.05, 0.1) is 6.54 Å². The Morgan fingerprint density at radius 2 is 1.58 bits per heavy atom. The molecule has 0 fully saturated rings. The highest BCUT2D eigenvalue weighted by molar-refractivity contribution is 5.84. The standard InChI is InChI=1S/C19H16N4O/c20-11-12-23-19(24)16(13-21)17(14-7-3-1-4-8-14)18(22-23)15-9-5-2-6-10-15/h1-10H,11-12,20H2. The van der Waals surface area contributed by atoms with Crippen LogP contribution in [0.2, 0.25) is 0 Å². The third-order valence-electron chi connectivity index (χ3n) is 3.72. The van der Waals surface area contributed by atoms with Crippen molar-refractivity contribution in [2.75, 3.05) is 6.54 Å². The summed E-state index contributed by atoms with van der Waals surface area (Å²) in [6.45, 7) is 0.541. The van der Waals surface area contributed by atoms with Crippen LogP contribution in [-0.2, 0) is 6.54 Å². The van der Waals surface area contributed by atoms with Gasteiger partial charge in [-0.15, -0.1) is 0 Å². The fraction of sp³-hybridized carbons (Fsp3) is 0.105. The second-order valence-electron chi connectivity index (χ2n) is 5.26. The summed E-state index contributed by atoms with van der Waals surface area (Å²) in [5.41, 5.74) is 8.04. The van der Waals surface area contributed by atoms with E-state index in [4.69, 9.17) is 5.73 Å². The van der Waals surface area contributed by atoms with Crippen molar-refractivity contribution in [2.24, 2.45) is 5.73 Å². The lowest BCUT2D eigenvalue weighted by molar-refractivity contribution is 0.589. The maximum absolute atomic E-state index is 12.6. The molecule has 0 saturated heterocycles. The molecule has 0 amide bonds. The predicted octanol–water partition coefficient (Wildman–Crippen LogP) is 2.41. The lowest BCUT2D eigenvalue weighted by Crippen LogP contribution is -2.29. The molecule has 0 unspecified atom stereocenters. The number of hydrogen-bond donors (Lipinski definition) is 1. The van der Waals surface area contributed by atoms with Gasteiger partial charge in [0, 0.05) is 17.7 Å². The van der Waals surface area contributed by atoms with Crippen LogP contribution >= 0.6 is 0 Å². The molecule has 2 aromatic carbocycles. The smallest absolute Gasteiger partial charge is 0.285 e. The van der Waals surface area contributed by atoms with Crippen LogP contribution in [-0.4, -0.2) is 16.3 Å². The third-order valence-corrected chi connectivity index (χ3v) is 3.72. The Labute approximate surface area is 139 Å². The monoisotopic (exact) mass is 316 g/mol. The average Bonchev–Trinajstić information content (AvgIpc) is 2.64. The zero-order valence-electron chi connectivity index (χ0n) is 13.0. The summed E-state index contributed by atoms with van der Waals surface area (Å²) >= 11 is 0. The molecule has 2 N–H and O–H groups in total. The number of hydrogen-bond acceptors (Lipinski definition) is 4. The average molecular weight is 316 g/mol. The molecule has 5 heteroatoms. The van der Waals surface area contributed by atoms with E-state index in [1.54, 1.807) is 0 Å². The molecular formula is C19H16N4O. The zero-order chi connectivity index (χ0) is 16.9. The number of benzene rings is 2. The first-order valence-electron chi connectivity index (χ1n) is 7.62. The van der Waals surface area contributed by atoms with E-state index in [1.807, 2.05) is 60.7 Å². The zero-order valence-corrected chi connectivity index (χ0v) is 13.0. The van der Waals surface area contributed by atoms with Crippen molar-refractivity contribution in [3.05, 3.63) is 76.6 Å². The predicted molar refractivity (Wildman–Crippen MR) is 93.1 cm³/mol. The van der Waals surface area contributed by atoms with Gasteiger partial charge in [-0.3, -0.25) is 4.79 Å².